The van der Waals surface area contributed by atoms with Gasteiger partial charge in [-0.15, -0.1) is 0 Å². The average Bonchev–Trinajstić information content (AvgIpc) is 2.75. The first-order valence-corrected chi connectivity index (χ1v) is 7.74. The summed E-state index contributed by atoms with van der Waals surface area (Å²) in [4.78, 5) is 28.5. The second-order valence-electron chi connectivity index (χ2n) is 4.53. The van der Waals surface area contributed by atoms with Gasteiger partial charge >= 0.3 is 13.8 Å². The summed E-state index contributed by atoms with van der Waals surface area (Å²) in [5.74, 6) is -0.359. The molecule has 6 N–H and O–H groups in total. The highest BCUT2D eigenvalue weighted by atomic mass is 31.2. The third-order valence-electron chi connectivity index (χ3n) is 2.68. The van der Waals surface area contributed by atoms with E-state index in [9.17, 15) is 17.7 Å². The van der Waals surface area contributed by atoms with Gasteiger partial charge in [-0.05, 0) is 0 Å². The van der Waals surface area contributed by atoms with Crippen molar-refractivity contribution < 1.29 is 32.3 Å². The number of halogens is 3. The van der Waals surface area contributed by atoms with Crippen LogP contribution in [0, 0.1) is 0 Å². The molecule has 2 aromatic heterocycles. The molecule has 2 rings (SSSR count). The van der Waals surface area contributed by atoms with Gasteiger partial charge in [0.15, 0.2) is 17.6 Å². The predicted molar refractivity (Wildman–Crippen MR) is 72.0 cm³/mol. The molecule has 0 bridgehead atoms. The summed E-state index contributed by atoms with van der Waals surface area (Å²) in [5, 5.41) is 0. The van der Waals surface area contributed by atoms with Gasteiger partial charge in [-0.25, -0.2) is 4.98 Å². The SMILES string of the molecule is Nc1nc(N)c2ncn(CC(OCP(=O)(O)O)C(F)(F)F)c2n1. The minimum Gasteiger partial charge on any atom is -0.382 e. The zero-order chi connectivity index (χ0) is 17.4. The maximum Gasteiger partial charge on any atom is 0.416 e. The molecule has 0 aromatic carbocycles. The second-order valence-corrected chi connectivity index (χ2v) is 6.11. The number of hydrogen-bond donors (Lipinski definition) is 4. The standard InChI is InChI=1S/C9H12F3N6O4P/c10-9(11,12)4(22-3-23(19,20)21)1-18-2-15-5-6(13)16-8(14)17-7(5)18/h2,4H,1,3H2,(H2,19,20,21)(H4,13,14,16,17). The lowest BCUT2D eigenvalue weighted by molar-refractivity contribution is -0.219. The van der Waals surface area contributed by atoms with Crippen molar-refractivity contribution in [3.05, 3.63) is 6.33 Å². The summed E-state index contributed by atoms with van der Waals surface area (Å²) < 4.78 is 54.8. The zero-order valence-corrected chi connectivity index (χ0v) is 12.2. The molecule has 0 fully saturated rings. The fourth-order valence-corrected chi connectivity index (χ4v) is 2.11. The van der Waals surface area contributed by atoms with Crippen molar-refractivity contribution in [2.24, 2.45) is 0 Å². The molecular weight excluding hydrogens is 344 g/mol. The lowest BCUT2D eigenvalue weighted by Crippen LogP contribution is -2.36. The van der Waals surface area contributed by atoms with E-state index in [1.807, 2.05) is 0 Å². The van der Waals surface area contributed by atoms with Crippen molar-refractivity contribution in [3.8, 4) is 0 Å². The predicted octanol–water partition coefficient (Wildman–Crippen LogP) is 0.0734. The number of alkyl halides is 3. The van der Waals surface area contributed by atoms with Crippen LogP contribution in [0.2, 0.25) is 0 Å². The van der Waals surface area contributed by atoms with Crippen LogP contribution in [-0.4, -0.2) is 47.9 Å². The molecule has 0 radical (unpaired) electrons. The number of nitrogens with zero attached hydrogens (tertiary/aromatic N) is 4. The van der Waals surface area contributed by atoms with Gasteiger partial charge in [-0.3, -0.25) is 4.57 Å². The minimum absolute atomic E-state index is 0.0510. The van der Waals surface area contributed by atoms with Crippen molar-refractivity contribution in [2.75, 3.05) is 17.8 Å². The number of fused-ring (bicyclic) bond motifs is 1. The molecule has 10 nitrogen and oxygen atoms in total. The quantitative estimate of drug-likeness (QED) is 0.543. The maximum absolute atomic E-state index is 13.0. The normalized spacial score (nSPS) is 14.3. The van der Waals surface area contributed by atoms with E-state index in [1.54, 1.807) is 0 Å². The Bertz CT molecular complexity index is 760. The average molecular weight is 356 g/mol. The van der Waals surface area contributed by atoms with Crippen LogP contribution in [0.25, 0.3) is 11.2 Å². The monoisotopic (exact) mass is 356 g/mol. The number of aromatic nitrogens is 4. The highest BCUT2D eigenvalue weighted by molar-refractivity contribution is 7.51. The molecule has 2 heterocycles. The lowest BCUT2D eigenvalue weighted by Gasteiger charge is -2.21. The molecule has 2 aromatic rings. The molecule has 0 aliphatic heterocycles. The first kappa shape index (κ1) is 17.4. The van der Waals surface area contributed by atoms with Crippen LogP contribution < -0.4 is 11.5 Å². The van der Waals surface area contributed by atoms with Crippen LogP contribution in [0.15, 0.2) is 6.33 Å². The van der Waals surface area contributed by atoms with Crippen LogP contribution in [0.3, 0.4) is 0 Å². The fourth-order valence-electron chi connectivity index (χ4n) is 1.73. The molecule has 0 aliphatic carbocycles. The molecule has 0 spiro atoms. The Morgan fingerprint density at radius 3 is 2.57 bits per heavy atom. The number of hydrogen-bond acceptors (Lipinski definition) is 7. The van der Waals surface area contributed by atoms with E-state index < -0.39 is 32.8 Å². The lowest BCUT2D eigenvalue weighted by atomic mass is 10.3. The molecule has 128 valence electrons. The summed E-state index contributed by atoms with van der Waals surface area (Å²) in [5.41, 5.74) is 10.9. The Hall–Kier alpha value is -1.95. The Morgan fingerprint density at radius 1 is 1.35 bits per heavy atom. The first-order valence-electron chi connectivity index (χ1n) is 5.94. The van der Waals surface area contributed by atoms with Gasteiger partial charge in [-0.2, -0.15) is 23.1 Å². The topological polar surface area (TPSA) is 162 Å². The van der Waals surface area contributed by atoms with Crippen molar-refractivity contribution in [3.63, 3.8) is 0 Å². The number of nitrogens with two attached hydrogens (primary N) is 2. The molecule has 23 heavy (non-hydrogen) atoms. The molecule has 1 atom stereocenters. The Balaban J connectivity index is 2.31. The second kappa shape index (κ2) is 5.92. The number of imidazole rings is 1. The summed E-state index contributed by atoms with van der Waals surface area (Å²) >= 11 is 0. The minimum atomic E-state index is -4.87. The molecule has 0 saturated carbocycles. The molecule has 1 unspecified atom stereocenters. The van der Waals surface area contributed by atoms with Crippen LogP contribution in [0.5, 0.6) is 0 Å². The Labute approximate surface area is 126 Å². The number of ether oxygens (including phenoxy) is 1. The van der Waals surface area contributed by atoms with E-state index in [0.29, 0.717) is 0 Å². The number of anilines is 2. The Morgan fingerprint density at radius 2 is 2.00 bits per heavy atom. The summed E-state index contributed by atoms with van der Waals surface area (Å²) in [7, 11) is -4.76. The van der Waals surface area contributed by atoms with Crippen LogP contribution >= 0.6 is 7.60 Å². The van der Waals surface area contributed by atoms with Crippen molar-refractivity contribution in [1.82, 2.24) is 19.5 Å². The Kier molecular flexibility index (Phi) is 4.48. The van der Waals surface area contributed by atoms with Gasteiger partial charge in [0.05, 0.1) is 12.9 Å². The summed E-state index contributed by atoms with van der Waals surface area (Å²) in [6.07, 6.45) is -7.70. The van der Waals surface area contributed by atoms with Gasteiger partial charge < -0.3 is 30.6 Å². The van der Waals surface area contributed by atoms with Crippen LogP contribution in [0.1, 0.15) is 0 Å². The summed E-state index contributed by atoms with van der Waals surface area (Å²) in [6.45, 7) is -0.837. The molecule has 0 amide bonds. The van der Waals surface area contributed by atoms with E-state index in [4.69, 9.17) is 21.3 Å². The van der Waals surface area contributed by atoms with E-state index in [0.717, 1.165) is 10.9 Å². The molecule has 0 saturated heterocycles. The van der Waals surface area contributed by atoms with Crippen molar-refractivity contribution in [2.45, 2.75) is 18.8 Å². The molecular formula is C9H12F3N6O4P. The van der Waals surface area contributed by atoms with E-state index >= 15 is 0 Å². The fraction of sp³-hybridized carbons (Fsp3) is 0.444. The number of nitrogen functional groups attached to an aromatic ring is 2. The van der Waals surface area contributed by atoms with E-state index in [1.165, 1.54) is 0 Å². The van der Waals surface area contributed by atoms with Crippen molar-refractivity contribution in [1.29, 1.82) is 0 Å². The smallest absolute Gasteiger partial charge is 0.382 e. The van der Waals surface area contributed by atoms with Crippen molar-refractivity contribution >= 4 is 30.5 Å². The third kappa shape index (κ3) is 4.28. The highest BCUT2D eigenvalue weighted by Gasteiger charge is 2.42. The first-order chi connectivity index (χ1) is 10.5. The van der Waals surface area contributed by atoms with Gasteiger partial charge in [0, 0.05) is 0 Å². The highest BCUT2D eigenvalue weighted by Crippen LogP contribution is 2.36. The zero-order valence-electron chi connectivity index (χ0n) is 11.3. The van der Waals surface area contributed by atoms with Crippen LogP contribution in [-0.2, 0) is 15.8 Å². The molecule has 0 aliphatic rings. The largest absolute Gasteiger partial charge is 0.416 e. The molecule has 14 heteroatoms. The van der Waals surface area contributed by atoms with Gasteiger partial charge in [0.25, 0.3) is 0 Å². The van der Waals surface area contributed by atoms with Gasteiger partial charge in [0.2, 0.25) is 5.95 Å². The number of rotatable bonds is 5. The maximum atomic E-state index is 13.0. The third-order valence-corrected chi connectivity index (χ3v) is 3.17. The van der Waals surface area contributed by atoms with Crippen LogP contribution in [0.4, 0.5) is 24.9 Å². The summed E-state index contributed by atoms with van der Waals surface area (Å²) in [6, 6.07) is 0. The van der Waals surface area contributed by atoms with Gasteiger partial charge in [-0.1, -0.05) is 0 Å². The van der Waals surface area contributed by atoms with E-state index in [2.05, 4.69) is 19.7 Å². The van der Waals surface area contributed by atoms with Gasteiger partial charge in [0.1, 0.15) is 11.9 Å². The van der Waals surface area contributed by atoms with E-state index in [-0.39, 0.29) is 22.9 Å².